The summed E-state index contributed by atoms with van der Waals surface area (Å²) in [5.74, 6) is 1.20. The van der Waals surface area contributed by atoms with Crippen LogP contribution in [0, 0.1) is 16.7 Å². The van der Waals surface area contributed by atoms with Crippen molar-refractivity contribution in [2.45, 2.75) is 57.6 Å². The van der Waals surface area contributed by atoms with Crippen molar-refractivity contribution < 1.29 is 14.6 Å². The number of carbonyl (C=O) groups is 1. The van der Waals surface area contributed by atoms with E-state index in [9.17, 15) is 9.90 Å². The molecule has 4 rings (SSSR count). The van der Waals surface area contributed by atoms with Gasteiger partial charge in [-0.3, -0.25) is 4.79 Å². The van der Waals surface area contributed by atoms with E-state index < -0.39 is 0 Å². The van der Waals surface area contributed by atoms with Crippen molar-refractivity contribution in [2.75, 3.05) is 24.6 Å². The predicted molar refractivity (Wildman–Crippen MR) is 129 cm³/mol. The van der Waals surface area contributed by atoms with Gasteiger partial charge in [-0.2, -0.15) is 5.26 Å². The van der Waals surface area contributed by atoms with Crippen LogP contribution in [0.4, 0.5) is 5.82 Å². The fourth-order valence-electron chi connectivity index (χ4n) is 4.49. The standard InChI is InChI=1S/C25H30ClN5O3/c1-25(16-32)10-12-31(13-11-25)23-9-8-22(29-30-23)24(33)28-18-3-6-19(7-4-18)34-20-5-2-17(15-27)21(26)14-20/h2,5,8-9,14,18-19,32H,3-4,6-7,10-13,16H2,1H3,(H,28,33)/t18-,19-. The summed E-state index contributed by atoms with van der Waals surface area (Å²) in [6.45, 7) is 3.93. The second-order valence-corrected chi connectivity index (χ2v) is 9.96. The molecule has 2 fully saturated rings. The lowest BCUT2D eigenvalue weighted by molar-refractivity contribution is 0.0888. The Morgan fingerprint density at radius 3 is 2.56 bits per heavy atom. The zero-order valence-electron chi connectivity index (χ0n) is 19.3. The van der Waals surface area contributed by atoms with Gasteiger partial charge in [0.15, 0.2) is 11.5 Å². The summed E-state index contributed by atoms with van der Waals surface area (Å²) in [5, 5.41) is 30.4. The van der Waals surface area contributed by atoms with Gasteiger partial charge in [0.25, 0.3) is 5.91 Å². The molecule has 8 nitrogen and oxygen atoms in total. The Kier molecular flexibility index (Phi) is 7.54. The van der Waals surface area contributed by atoms with E-state index in [0.29, 0.717) is 22.0 Å². The molecular formula is C25H30ClN5O3. The van der Waals surface area contributed by atoms with Gasteiger partial charge in [0.2, 0.25) is 0 Å². The summed E-state index contributed by atoms with van der Waals surface area (Å²) in [4.78, 5) is 14.8. The van der Waals surface area contributed by atoms with E-state index in [4.69, 9.17) is 21.6 Å². The maximum Gasteiger partial charge on any atom is 0.272 e. The van der Waals surface area contributed by atoms with Crippen molar-refractivity contribution in [2.24, 2.45) is 5.41 Å². The summed E-state index contributed by atoms with van der Waals surface area (Å²) in [7, 11) is 0. The van der Waals surface area contributed by atoms with Crippen LogP contribution in [0.25, 0.3) is 0 Å². The van der Waals surface area contributed by atoms with Gasteiger partial charge < -0.3 is 20.1 Å². The molecular weight excluding hydrogens is 454 g/mol. The van der Waals surface area contributed by atoms with Gasteiger partial charge in [-0.05, 0) is 68.2 Å². The number of nitriles is 1. The third-order valence-corrected chi connectivity index (χ3v) is 7.25. The lowest BCUT2D eigenvalue weighted by Crippen LogP contribution is -2.41. The Hall–Kier alpha value is -2.89. The maximum atomic E-state index is 12.7. The van der Waals surface area contributed by atoms with Crippen molar-refractivity contribution >= 4 is 23.3 Å². The third kappa shape index (κ3) is 5.78. The number of halogens is 1. The number of hydrogen-bond donors (Lipinski definition) is 2. The second-order valence-electron chi connectivity index (χ2n) is 9.55. The molecule has 2 heterocycles. The average molecular weight is 484 g/mol. The zero-order valence-corrected chi connectivity index (χ0v) is 20.1. The Morgan fingerprint density at radius 1 is 1.24 bits per heavy atom. The first-order valence-electron chi connectivity index (χ1n) is 11.8. The zero-order chi connectivity index (χ0) is 24.1. The third-order valence-electron chi connectivity index (χ3n) is 6.93. The van der Waals surface area contributed by atoms with Gasteiger partial charge in [0, 0.05) is 31.8 Å². The summed E-state index contributed by atoms with van der Waals surface area (Å²) in [5.41, 5.74) is 0.715. The van der Waals surface area contributed by atoms with Crippen LogP contribution < -0.4 is 15.0 Å². The van der Waals surface area contributed by atoms with E-state index in [1.807, 2.05) is 12.1 Å². The van der Waals surface area contributed by atoms with Crippen molar-refractivity contribution in [3.63, 3.8) is 0 Å². The van der Waals surface area contributed by atoms with E-state index in [1.54, 1.807) is 24.3 Å². The number of anilines is 1. The first-order valence-corrected chi connectivity index (χ1v) is 12.1. The minimum Gasteiger partial charge on any atom is -0.490 e. The minimum atomic E-state index is -0.214. The van der Waals surface area contributed by atoms with Crippen LogP contribution in [0.15, 0.2) is 30.3 Å². The first kappa shape index (κ1) is 24.2. The number of aromatic nitrogens is 2. The maximum absolute atomic E-state index is 12.7. The lowest BCUT2D eigenvalue weighted by Gasteiger charge is -2.38. The summed E-state index contributed by atoms with van der Waals surface area (Å²) >= 11 is 6.08. The lowest BCUT2D eigenvalue weighted by atomic mass is 9.81. The average Bonchev–Trinajstić information content (AvgIpc) is 2.86. The van der Waals surface area contributed by atoms with Crippen LogP contribution in [0.1, 0.15) is 61.5 Å². The number of amides is 1. The highest BCUT2D eigenvalue weighted by Gasteiger charge is 2.30. The summed E-state index contributed by atoms with van der Waals surface area (Å²) < 4.78 is 6.02. The van der Waals surface area contributed by atoms with E-state index in [0.717, 1.165) is 57.4 Å². The second kappa shape index (κ2) is 10.6. The largest absolute Gasteiger partial charge is 0.490 e. The van der Waals surface area contributed by atoms with Crippen molar-refractivity contribution in [3.05, 3.63) is 46.6 Å². The number of nitrogens with zero attached hydrogens (tertiary/aromatic N) is 4. The van der Waals surface area contributed by atoms with E-state index in [2.05, 4.69) is 27.3 Å². The molecule has 1 aromatic carbocycles. The van der Waals surface area contributed by atoms with Crippen LogP contribution in [0.5, 0.6) is 5.75 Å². The van der Waals surface area contributed by atoms with Gasteiger partial charge in [0.1, 0.15) is 11.8 Å². The number of carbonyl (C=O) groups excluding carboxylic acids is 1. The van der Waals surface area contributed by atoms with Gasteiger partial charge >= 0.3 is 0 Å². The highest BCUT2D eigenvalue weighted by Crippen LogP contribution is 2.32. The van der Waals surface area contributed by atoms with Crippen molar-refractivity contribution in [1.82, 2.24) is 15.5 Å². The monoisotopic (exact) mass is 483 g/mol. The summed E-state index contributed by atoms with van der Waals surface area (Å²) in [6, 6.07) is 10.8. The first-order chi connectivity index (χ1) is 16.4. The number of benzene rings is 1. The molecule has 0 bridgehead atoms. The molecule has 1 saturated heterocycles. The molecule has 2 aromatic rings. The molecule has 0 radical (unpaired) electrons. The molecule has 1 aliphatic carbocycles. The van der Waals surface area contributed by atoms with Gasteiger partial charge in [-0.15, -0.1) is 10.2 Å². The molecule has 180 valence electrons. The molecule has 1 amide bonds. The number of nitrogens with one attached hydrogen (secondary N) is 1. The molecule has 1 aliphatic heterocycles. The Balaban J connectivity index is 1.24. The molecule has 1 aromatic heterocycles. The molecule has 1 saturated carbocycles. The highest BCUT2D eigenvalue weighted by atomic mass is 35.5. The smallest absolute Gasteiger partial charge is 0.272 e. The van der Waals surface area contributed by atoms with Crippen LogP contribution in [-0.2, 0) is 0 Å². The number of piperidine rings is 1. The minimum absolute atomic E-state index is 0.0249. The van der Waals surface area contributed by atoms with Crippen LogP contribution in [0.3, 0.4) is 0 Å². The molecule has 0 atom stereocenters. The van der Waals surface area contributed by atoms with Gasteiger partial charge in [0.05, 0.1) is 16.7 Å². The summed E-state index contributed by atoms with van der Waals surface area (Å²) in [6.07, 6.45) is 5.10. The number of aliphatic hydroxyl groups is 1. The highest BCUT2D eigenvalue weighted by molar-refractivity contribution is 6.31. The number of rotatable bonds is 6. The quantitative estimate of drug-likeness (QED) is 0.644. The predicted octanol–water partition coefficient (Wildman–Crippen LogP) is 3.72. The molecule has 34 heavy (non-hydrogen) atoms. The number of hydrogen-bond acceptors (Lipinski definition) is 7. The molecule has 0 spiro atoms. The van der Waals surface area contributed by atoms with Gasteiger partial charge in [-0.25, -0.2) is 0 Å². The topological polar surface area (TPSA) is 111 Å². The number of ether oxygens (including phenoxy) is 1. The Morgan fingerprint density at radius 2 is 1.97 bits per heavy atom. The molecule has 2 N–H and O–H groups in total. The number of aliphatic hydroxyl groups excluding tert-OH is 1. The van der Waals surface area contributed by atoms with E-state index in [-0.39, 0.29) is 30.1 Å². The molecule has 9 heteroatoms. The normalized spacial score (nSPS) is 22.0. The molecule has 0 unspecified atom stereocenters. The van der Waals surface area contributed by atoms with Crippen LogP contribution in [-0.4, -0.2) is 53.1 Å². The van der Waals surface area contributed by atoms with Crippen LogP contribution >= 0.6 is 11.6 Å². The Bertz CT molecular complexity index is 1040. The van der Waals surface area contributed by atoms with E-state index >= 15 is 0 Å². The van der Waals surface area contributed by atoms with E-state index in [1.165, 1.54) is 0 Å². The van der Waals surface area contributed by atoms with Gasteiger partial charge in [-0.1, -0.05) is 18.5 Å². The fraction of sp³-hybridized carbons (Fsp3) is 0.520. The van der Waals surface area contributed by atoms with Crippen LogP contribution in [0.2, 0.25) is 5.02 Å². The molecule has 2 aliphatic rings. The SMILES string of the molecule is CC1(CO)CCN(c2ccc(C(=O)N[C@H]3CC[C@H](Oc4ccc(C#N)c(Cl)c4)CC3)nn2)CC1. The van der Waals surface area contributed by atoms with Crippen molar-refractivity contribution in [3.8, 4) is 11.8 Å². The van der Waals surface area contributed by atoms with Crippen molar-refractivity contribution in [1.29, 1.82) is 5.26 Å². The Labute approximate surface area is 204 Å². The fourth-order valence-corrected chi connectivity index (χ4v) is 4.70.